The molecular weight excluding hydrogens is 242 g/mol. The first-order valence-electron chi connectivity index (χ1n) is 5.64. The lowest BCUT2D eigenvalue weighted by Crippen LogP contribution is -1.99. The molecule has 96 valence electrons. The second kappa shape index (κ2) is 5.74. The Morgan fingerprint density at radius 2 is 2.11 bits per heavy atom. The maximum atomic E-state index is 8.82. The number of nitrogens with two attached hydrogens (primary N) is 1. The molecule has 0 bridgehead atoms. The van der Waals surface area contributed by atoms with Gasteiger partial charge in [0.2, 0.25) is 0 Å². The van der Waals surface area contributed by atoms with Crippen LogP contribution in [0.1, 0.15) is 11.1 Å². The fraction of sp³-hybridized carbons (Fsp3) is 0.143. The van der Waals surface area contributed by atoms with Crippen LogP contribution >= 0.6 is 0 Å². The molecule has 5 nitrogen and oxygen atoms in total. The van der Waals surface area contributed by atoms with Crippen molar-refractivity contribution in [1.82, 2.24) is 4.98 Å². The van der Waals surface area contributed by atoms with E-state index in [0.717, 1.165) is 5.56 Å². The lowest BCUT2D eigenvalue weighted by atomic mass is 10.2. The van der Waals surface area contributed by atoms with E-state index in [-0.39, 0.29) is 0 Å². The first-order valence-corrected chi connectivity index (χ1v) is 5.64. The van der Waals surface area contributed by atoms with Gasteiger partial charge in [0.05, 0.1) is 18.7 Å². The van der Waals surface area contributed by atoms with Gasteiger partial charge in [-0.1, -0.05) is 0 Å². The molecule has 0 aliphatic carbocycles. The molecular formula is C14H13N3O2. The lowest BCUT2D eigenvalue weighted by Gasteiger charge is -2.10. The summed E-state index contributed by atoms with van der Waals surface area (Å²) in [5.41, 5.74) is 7.04. The highest BCUT2D eigenvalue weighted by molar-refractivity contribution is 5.46. The highest BCUT2D eigenvalue weighted by atomic mass is 16.5. The van der Waals surface area contributed by atoms with Crippen LogP contribution in [0.3, 0.4) is 0 Å². The Hall–Kier alpha value is -2.74. The number of nitrogen functional groups attached to an aromatic ring is 1. The number of ether oxygens (including phenoxy) is 2. The zero-order valence-electron chi connectivity index (χ0n) is 10.5. The SMILES string of the molecule is COc1cc(C#N)ccc1OCc1ccnc(N)c1. The number of anilines is 1. The minimum absolute atomic E-state index is 0.356. The van der Waals surface area contributed by atoms with Gasteiger partial charge in [0.15, 0.2) is 11.5 Å². The fourth-order valence-electron chi connectivity index (χ4n) is 1.60. The molecule has 0 fully saturated rings. The van der Waals surface area contributed by atoms with E-state index in [2.05, 4.69) is 4.98 Å². The molecule has 0 atom stereocenters. The Balaban J connectivity index is 2.13. The summed E-state index contributed by atoms with van der Waals surface area (Å²) >= 11 is 0. The average Bonchev–Trinajstić information content (AvgIpc) is 2.45. The van der Waals surface area contributed by atoms with Gasteiger partial charge in [-0.05, 0) is 29.8 Å². The quantitative estimate of drug-likeness (QED) is 0.905. The Kier molecular flexibility index (Phi) is 3.84. The van der Waals surface area contributed by atoms with Crippen molar-refractivity contribution in [3.05, 3.63) is 47.7 Å². The number of nitriles is 1. The average molecular weight is 255 g/mol. The van der Waals surface area contributed by atoms with E-state index in [4.69, 9.17) is 20.5 Å². The van der Waals surface area contributed by atoms with Crippen molar-refractivity contribution < 1.29 is 9.47 Å². The van der Waals surface area contributed by atoms with Crippen LogP contribution in [0.25, 0.3) is 0 Å². The standard InChI is InChI=1S/C14H13N3O2/c1-18-13-6-10(8-15)2-3-12(13)19-9-11-4-5-17-14(16)7-11/h2-7H,9H2,1H3,(H2,16,17). The van der Waals surface area contributed by atoms with Gasteiger partial charge in [0.1, 0.15) is 12.4 Å². The normalized spacial score (nSPS) is 9.68. The van der Waals surface area contributed by atoms with Crippen molar-refractivity contribution >= 4 is 5.82 Å². The van der Waals surface area contributed by atoms with Crippen LogP contribution < -0.4 is 15.2 Å². The van der Waals surface area contributed by atoms with E-state index in [9.17, 15) is 0 Å². The zero-order valence-corrected chi connectivity index (χ0v) is 10.5. The first kappa shape index (κ1) is 12.7. The van der Waals surface area contributed by atoms with Crippen molar-refractivity contribution in [1.29, 1.82) is 5.26 Å². The lowest BCUT2D eigenvalue weighted by molar-refractivity contribution is 0.284. The molecule has 2 aromatic rings. The summed E-state index contributed by atoms with van der Waals surface area (Å²) in [6.45, 7) is 0.356. The van der Waals surface area contributed by atoms with Crippen LogP contribution in [-0.2, 0) is 6.61 Å². The molecule has 1 aromatic heterocycles. The van der Waals surface area contributed by atoms with Crippen molar-refractivity contribution in [2.24, 2.45) is 0 Å². The third-order valence-electron chi connectivity index (χ3n) is 2.53. The van der Waals surface area contributed by atoms with Crippen LogP contribution in [-0.4, -0.2) is 12.1 Å². The molecule has 1 heterocycles. The minimum atomic E-state index is 0.356. The van der Waals surface area contributed by atoms with Gasteiger partial charge in [0.25, 0.3) is 0 Å². The van der Waals surface area contributed by atoms with E-state index in [1.54, 1.807) is 30.5 Å². The Bertz CT molecular complexity index is 620. The van der Waals surface area contributed by atoms with Gasteiger partial charge in [-0.2, -0.15) is 5.26 Å². The number of pyridine rings is 1. The first-order chi connectivity index (χ1) is 9.22. The number of hydrogen-bond donors (Lipinski definition) is 1. The summed E-state index contributed by atoms with van der Waals surface area (Å²) in [4.78, 5) is 3.91. The maximum absolute atomic E-state index is 8.82. The van der Waals surface area contributed by atoms with Gasteiger partial charge in [-0.3, -0.25) is 0 Å². The molecule has 0 saturated heterocycles. The molecule has 0 unspecified atom stereocenters. The van der Waals surface area contributed by atoms with Gasteiger partial charge in [-0.25, -0.2) is 4.98 Å². The highest BCUT2D eigenvalue weighted by Crippen LogP contribution is 2.28. The van der Waals surface area contributed by atoms with Gasteiger partial charge >= 0.3 is 0 Å². The summed E-state index contributed by atoms with van der Waals surface area (Å²) in [6, 6.07) is 10.6. The summed E-state index contributed by atoms with van der Waals surface area (Å²) in [5, 5.41) is 8.82. The third-order valence-corrected chi connectivity index (χ3v) is 2.53. The fourth-order valence-corrected chi connectivity index (χ4v) is 1.60. The predicted molar refractivity (Wildman–Crippen MR) is 70.7 cm³/mol. The van der Waals surface area contributed by atoms with Gasteiger partial charge in [0, 0.05) is 12.3 Å². The van der Waals surface area contributed by atoms with Crippen LogP contribution in [0.15, 0.2) is 36.5 Å². The highest BCUT2D eigenvalue weighted by Gasteiger charge is 2.06. The van der Waals surface area contributed by atoms with Crippen LogP contribution in [0.5, 0.6) is 11.5 Å². The Morgan fingerprint density at radius 1 is 1.26 bits per heavy atom. The second-order valence-corrected chi connectivity index (χ2v) is 3.86. The van der Waals surface area contributed by atoms with Crippen molar-refractivity contribution in [2.75, 3.05) is 12.8 Å². The van der Waals surface area contributed by atoms with E-state index in [0.29, 0.717) is 29.5 Å². The Labute approximate surface area is 111 Å². The summed E-state index contributed by atoms with van der Waals surface area (Å²) in [7, 11) is 1.54. The molecule has 0 spiro atoms. The maximum Gasteiger partial charge on any atom is 0.162 e. The number of hydrogen-bond acceptors (Lipinski definition) is 5. The summed E-state index contributed by atoms with van der Waals surface area (Å²) < 4.78 is 10.8. The zero-order chi connectivity index (χ0) is 13.7. The molecule has 0 aliphatic heterocycles. The molecule has 0 amide bonds. The number of methoxy groups -OCH3 is 1. The monoisotopic (exact) mass is 255 g/mol. The molecule has 0 radical (unpaired) electrons. The Morgan fingerprint density at radius 3 is 2.79 bits per heavy atom. The number of rotatable bonds is 4. The van der Waals surface area contributed by atoms with Crippen LogP contribution in [0.4, 0.5) is 5.82 Å². The smallest absolute Gasteiger partial charge is 0.162 e. The molecule has 2 N–H and O–H groups in total. The molecule has 0 aliphatic rings. The summed E-state index contributed by atoms with van der Waals surface area (Å²) in [6.07, 6.45) is 1.63. The topological polar surface area (TPSA) is 81.2 Å². The van der Waals surface area contributed by atoms with Crippen molar-refractivity contribution in [3.63, 3.8) is 0 Å². The van der Waals surface area contributed by atoms with E-state index < -0.39 is 0 Å². The van der Waals surface area contributed by atoms with E-state index >= 15 is 0 Å². The minimum Gasteiger partial charge on any atom is -0.493 e. The molecule has 1 aromatic carbocycles. The molecule has 5 heteroatoms. The van der Waals surface area contributed by atoms with E-state index in [1.807, 2.05) is 12.1 Å². The molecule has 0 saturated carbocycles. The van der Waals surface area contributed by atoms with Crippen LogP contribution in [0, 0.1) is 11.3 Å². The van der Waals surface area contributed by atoms with Crippen LogP contribution in [0.2, 0.25) is 0 Å². The van der Waals surface area contributed by atoms with E-state index in [1.165, 1.54) is 7.11 Å². The van der Waals surface area contributed by atoms with Gasteiger partial charge in [-0.15, -0.1) is 0 Å². The van der Waals surface area contributed by atoms with Crippen molar-refractivity contribution in [3.8, 4) is 17.6 Å². The second-order valence-electron chi connectivity index (χ2n) is 3.86. The number of aromatic nitrogens is 1. The number of nitrogens with zero attached hydrogens (tertiary/aromatic N) is 2. The summed E-state index contributed by atoms with van der Waals surface area (Å²) in [5.74, 6) is 1.56. The number of benzene rings is 1. The van der Waals surface area contributed by atoms with Gasteiger partial charge < -0.3 is 15.2 Å². The largest absolute Gasteiger partial charge is 0.493 e. The molecule has 19 heavy (non-hydrogen) atoms. The predicted octanol–water partition coefficient (Wildman–Crippen LogP) is 2.12. The molecule has 2 rings (SSSR count). The third kappa shape index (κ3) is 3.13. The van der Waals surface area contributed by atoms with Crippen molar-refractivity contribution in [2.45, 2.75) is 6.61 Å².